The van der Waals surface area contributed by atoms with Gasteiger partial charge in [0.15, 0.2) is 0 Å². The summed E-state index contributed by atoms with van der Waals surface area (Å²) < 4.78 is 22.8. The van der Waals surface area contributed by atoms with Crippen LogP contribution in [0.4, 0.5) is 5.69 Å². The van der Waals surface area contributed by atoms with Gasteiger partial charge in [0.1, 0.15) is 5.25 Å². The number of benzene rings is 1. The van der Waals surface area contributed by atoms with E-state index in [1.807, 2.05) is 35.0 Å². The third kappa shape index (κ3) is 2.85. The van der Waals surface area contributed by atoms with Crippen molar-refractivity contribution in [2.24, 2.45) is 5.14 Å². The van der Waals surface area contributed by atoms with E-state index in [4.69, 9.17) is 5.14 Å². The minimum Gasteiger partial charge on any atom is -0.311 e. The van der Waals surface area contributed by atoms with Crippen LogP contribution in [0.25, 0.3) is 11.1 Å². The van der Waals surface area contributed by atoms with Gasteiger partial charge in [0.2, 0.25) is 15.9 Å². The molecule has 21 heavy (non-hydrogen) atoms. The third-order valence-corrected chi connectivity index (χ3v) is 5.49. The number of rotatable bonds is 3. The van der Waals surface area contributed by atoms with E-state index >= 15 is 0 Å². The molecule has 1 aromatic carbocycles. The summed E-state index contributed by atoms with van der Waals surface area (Å²) in [6.07, 6.45) is -0.0541. The van der Waals surface area contributed by atoms with E-state index in [1.165, 1.54) is 4.90 Å². The first-order valence-electron chi connectivity index (χ1n) is 6.40. The number of amides is 1. The van der Waals surface area contributed by atoms with E-state index < -0.39 is 15.3 Å². The van der Waals surface area contributed by atoms with Crippen molar-refractivity contribution in [1.82, 2.24) is 0 Å². The molecule has 0 spiro atoms. The molecule has 1 fully saturated rings. The molecule has 0 aliphatic carbocycles. The van der Waals surface area contributed by atoms with Crippen LogP contribution in [0.3, 0.4) is 0 Å². The molecule has 1 atom stereocenters. The SMILES string of the molecule is NS(=O)(=O)C1CC(=O)N(c2cccc(-c3ccsc3)c2)C1. The summed E-state index contributed by atoms with van der Waals surface area (Å²) in [5.74, 6) is -0.212. The van der Waals surface area contributed by atoms with Gasteiger partial charge in [0, 0.05) is 18.7 Å². The maximum absolute atomic E-state index is 12.0. The number of hydrogen-bond acceptors (Lipinski definition) is 4. The second-order valence-corrected chi connectivity index (χ2v) is 7.61. The first-order valence-corrected chi connectivity index (χ1v) is 8.95. The molecule has 0 saturated carbocycles. The van der Waals surface area contributed by atoms with Gasteiger partial charge in [-0.15, -0.1) is 0 Å². The largest absolute Gasteiger partial charge is 0.311 e. The Morgan fingerprint density at radius 2 is 2.05 bits per heavy atom. The molecular weight excluding hydrogens is 308 g/mol. The number of thiophene rings is 1. The predicted molar refractivity (Wildman–Crippen MR) is 83.6 cm³/mol. The first-order chi connectivity index (χ1) is 9.95. The summed E-state index contributed by atoms with van der Waals surface area (Å²) in [7, 11) is -3.69. The number of sulfonamides is 1. The van der Waals surface area contributed by atoms with Gasteiger partial charge < -0.3 is 4.90 Å². The quantitative estimate of drug-likeness (QED) is 0.936. The van der Waals surface area contributed by atoms with E-state index in [9.17, 15) is 13.2 Å². The van der Waals surface area contributed by atoms with Crippen molar-refractivity contribution in [3.63, 3.8) is 0 Å². The van der Waals surface area contributed by atoms with Crippen LogP contribution in [0.1, 0.15) is 6.42 Å². The molecule has 2 aromatic rings. The highest BCUT2D eigenvalue weighted by molar-refractivity contribution is 7.89. The number of carbonyl (C=O) groups excluding carboxylic acids is 1. The highest BCUT2D eigenvalue weighted by atomic mass is 32.2. The lowest BCUT2D eigenvalue weighted by Crippen LogP contribution is -2.32. The molecule has 110 valence electrons. The van der Waals surface area contributed by atoms with Gasteiger partial charge >= 0.3 is 0 Å². The van der Waals surface area contributed by atoms with Crippen LogP contribution in [0, 0.1) is 0 Å². The second kappa shape index (κ2) is 5.25. The topological polar surface area (TPSA) is 80.5 Å². The predicted octanol–water partition coefficient (Wildman–Crippen LogP) is 1.81. The smallest absolute Gasteiger partial charge is 0.228 e. The van der Waals surface area contributed by atoms with Crippen LogP contribution in [0.2, 0.25) is 0 Å². The van der Waals surface area contributed by atoms with Crippen LogP contribution in [-0.4, -0.2) is 26.1 Å². The Morgan fingerprint density at radius 1 is 1.24 bits per heavy atom. The standard InChI is InChI=1S/C14H14N2O3S2/c15-21(18,19)13-7-14(17)16(8-13)12-3-1-2-10(6-12)11-4-5-20-9-11/h1-6,9,13H,7-8H2,(H2,15,18,19). The summed E-state index contributed by atoms with van der Waals surface area (Å²) in [5.41, 5.74) is 2.78. The van der Waals surface area contributed by atoms with E-state index in [0.29, 0.717) is 5.69 Å². The van der Waals surface area contributed by atoms with Gasteiger partial charge in [0.25, 0.3) is 0 Å². The Bertz CT molecular complexity index is 769. The Kier molecular flexibility index (Phi) is 3.56. The fourth-order valence-corrected chi connectivity index (χ4v) is 3.82. The lowest BCUT2D eigenvalue weighted by molar-refractivity contribution is -0.117. The van der Waals surface area contributed by atoms with Crippen LogP contribution in [0.15, 0.2) is 41.1 Å². The first kappa shape index (κ1) is 14.2. The van der Waals surface area contributed by atoms with Crippen molar-refractivity contribution < 1.29 is 13.2 Å². The van der Waals surface area contributed by atoms with Crippen molar-refractivity contribution in [2.45, 2.75) is 11.7 Å². The van der Waals surface area contributed by atoms with E-state index in [1.54, 1.807) is 17.4 Å². The molecule has 0 radical (unpaired) electrons. The minimum atomic E-state index is -3.69. The minimum absolute atomic E-state index is 0.0541. The highest BCUT2D eigenvalue weighted by Crippen LogP contribution is 2.29. The van der Waals surface area contributed by atoms with Crippen molar-refractivity contribution in [3.8, 4) is 11.1 Å². The summed E-state index contributed by atoms with van der Waals surface area (Å²) in [6.45, 7) is 0.116. The van der Waals surface area contributed by atoms with Crippen LogP contribution >= 0.6 is 11.3 Å². The van der Waals surface area contributed by atoms with E-state index in [0.717, 1.165) is 11.1 Å². The van der Waals surface area contributed by atoms with Crippen molar-refractivity contribution in [2.75, 3.05) is 11.4 Å². The molecule has 1 saturated heterocycles. The molecule has 1 amide bonds. The van der Waals surface area contributed by atoms with Crippen molar-refractivity contribution in [1.29, 1.82) is 0 Å². The molecule has 1 aliphatic rings. The number of carbonyl (C=O) groups is 1. The fourth-order valence-electron chi connectivity index (χ4n) is 2.43. The highest BCUT2D eigenvalue weighted by Gasteiger charge is 2.37. The van der Waals surface area contributed by atoms with Gasteiger partial charge in [0.05, 0.1) is 0 Å². The Morgan fingerprint density at radius 3 is 2.67 bits per heavy atom. The van der Waals surface area contributed by atoms with Gasteiger partial charge in [-0.2, -0.15) is 11.3 Å². The summed E-state index contributed by atoms with van der Waals surface area (Å²) in [5, 5.41) is 8.33. The number of nitrogens with two attached hydrogens (primary N) is 1. The Balaban J connectivity index is 1.91. The number of hydrogen-bond donors (Lipinski definition) is 1. The average Bonchev–Trinajstić information content (AvgIpc) is 3.07. The molecule has 1 aromatic heterocycles. The summed E-state index contributed by atoms with van der Waals surface area (Å²) >= 11 is 1.60. The molecule has 1 aliphatic heterocycles. The molecule has 3 rings (SSSR count). The summed E-state index contributed by atoms with van der Waals surface area (Å²) in [4.78, 5) is 13.5. The number of primary sulfonamides is 1. The molecule has 1 unspecified atom stereocenters. The molecular formula is C14H14N2O3S2. The number of anilines is 1. The molecule has 2 heterocycles. The fraction of sp³-hybridized carbons (Fsp3) is 0.214. The average molecular weight is 322 g/mol. The Hall–Kier alpha value is -1.70. The second-order valence-electron chi connectivity index (χ2n) is 4.98. The molecule has 7 heteroatoms. The van der Waals surface area contributed by atoms with Crippen molar-refractivity contribution >= 4 is 33.0 Å². The van der Waals surface area contributed by atoms with Crippen LogP contribution in [-0.2, 0) is 14.8 Å². The maximum atomic E-state index is 12.0. The maximum Gasteiger partial charge on any atom is 0.228 e. The van der Waals surface area contributed by atoms with Crippen LogP contribution < -0.4 is 10.0 Å². The van der Waals surface area contributed by atoms with Gasteiger partial charge in [-0.3, -0.25) is 4.79 Å². The van der Waals surface area contributed by atoms with Gasteiger partial charge in [-0.05, 0) is 40.1 Å². The molecule has 0 bridgehead atoms. The number of nitrogens with zero attached hydrogens (tertiary/aromatic N) is 1. The normalized spacial score (nSPS) is 19.2. The van der Waals surface area contributed by atoms with Crippen molar-refractivity contribution in [3.05, 3.63) is 41.1 Å². The van der Waals surface area contributed by atoms with E-state index in [2.05, 4.69) is 0 Å². The Labute approximate surface area is 127 Å². The van der Waals surface area contributed by atoms with Gasteiger partial charge in [-0.1, -0.05) is 12.1 Å². The zero-order chi connectivity index (χ0) is 15.0. The van der Waals surface area contributed by atoms with E-state index in [-0.39, 0.29) is 18.9 Å². The van der Waals surface area contributed by atoms with Gasteiger partial charge in [-0.25, -0.2) is 13.6 Å². The third-order valence-electron chi connectivity index (χ3n) is 3.57. The lowest BCUT2D eigenvalue weighted by Gasteiger charge is -2.17. The lowest BCUT2D eigenvalue weighted by atomic mass is 10.1. The summed E-state index contributed by atoms with van der Waals surface area (Å²) in [6, 6.07) is 9.52. The monoisotopic (exact) mass is 322 g/mol. The zero-order valence-corrected chi connectivity index (χ0v) is 12.7. The van der Waals surface area contributed by atoms with Crippen LogP contribution in [0.5, 0.6) is 0 Å². The molecule has 2 N–H and O–H groups in total. The molecule has 5 nitrogen and oxygen atoms in total. The zero-order valence-electron chi connectivity index (χ0n) is 11.1.